The minimum absolute atomic E-state index is 0.0179. The van der Waals surface area contributed by atoms with Crippen LogP contribution in [-0.2, 0) is 9.47 Å². The molecule has 1 N–H and O–H groups in total. The van der Waals surface area contributed by atoms with Gasteiger partial charge in [0, 0.05) is 25.5 Å². The first-order chi connectivity index (χ1) is 13.6. The van der Waals surface area contributed by atoms with Gasteiger partial charge in [-0.05, 0) is 31.7 Å². The molecule has 0 unspecified atom stereocenters. The van der Waals surface area contributed by atoms with E-state index < -0.39 is 18.0 Å². The van der Waals surface area contributed by atoms with E-state index in [1.807, 2.05) is 0 Å². The van der Waals surface area contributed by atoms with Gasteiger partial charge >= 0.3 is 0 Å². The number of rotatable bonds is 8. The fraction of sp³-hybridized carbons (Fsp3) is 0.556. The van der Waals surface area contributed by atoms with Gasteiger partial charge in [-0.3, -0.25) is 9.36 Å². The van der Waals surface area contributed by atoms with Crippen LogP contribution >= 0.6 is 0 Å². The van der Waals surface area contributed by atoms with Crippen molar-refractivity contribution in [2.75, 3.05) is 20.3 Å². The summed E-state index contributed by atoms with van der Waals surface area (Å²) >= 11 is 0. The second-order valence-electron chi connectivity index (χ2n) is 6.56. The molecule has 1 fully saturated rings. The molecule has 1 saturated carbocycles. The average Bonchev–Trinajstić information content (AvgIpc) is 3.24. The highest BCUT2D eigenvalue weighted by Crippen LogP contribution is 2.22. The highest BCUT2D eigenvalue weighted by atomic mass is 19.3. The smallest absolute Gasteiger partial charge is 0.280 e. The molecule has 0 bridgehead atoms. The molecule has 0 atom stereocenters. The molecule has 1 amide bonds. The Kier molecular flexibility index (Phi) is 6.99. The lowest BCUT2D eigenvalue weighted by atomic mass is 9.93. The Morgan fingerprint density at radius 2 is 2.07 bits per heavy atom. The van der Waals surface area contributed by atoms with E-state index in [1.165, 1.54) is 23.3 Å². The molecule has 0 saturated heterocycles. The Morgan fingerprint density at radius 3 is 2.71 bits per heavy atom. The molecule has 152 valence electrons. The van der Waals surface area contributed by atoms with Crippen LogP contribution in [0.5, 0.6) is 0 Å². The first-order valence-corrected chi connectivity index (χ1v) is 9.13. The van der Waals surface area contributed by atoms with Crippen LogP contribution in [0.1, 0.15) is 48.3 Å². The number of hydrogen-bond acceptors (Lipinski definition) is 6. The van der Waals surface area contributed by atoms with Crippen molar-refractivity contribution in [3.63, 3.8) is 0 Å². The molecule has 28 heavy (non-hydrogen) atoms. The number of alkyl halides is 2. The number of halogens is 2. The number of nitrogens with zero attached hydrogens (tertiary/aromatic N) is 4. The third-order valence-corrected chi connectivity index (χ3v) is 4.58. The van der Waals surface area contributed by atoms with Crippen molar-refractivity contribution >= 4 is 5.91 Å². The predicted molar refractivity (Wildman–Crippen MR) is 95.4 cm³/mol. The lowest BCUT2D eigenvalue weighted by Gasteiger charge is -2.29. The molecule has 2 aromatic heterocycles. The third-order valence-electron chi connectivity index (χ3n) is 4.58. The normalized spacial score (nSPS) is 19.7. The number of imidazole rings is 1. The highest BCUT2D eigenvalue weighted by molar-refractivity contribution is 5.92. The van der Waals surface area contributed by atoms with Crippen LogP contribution in [0.3, 0.4) is 0 Å². The van der Waals surface area contributed by atoms with Gasteiger partial charge in [0.1, 0.15) is 17.7 Å². The molecule has 1 aliphatic rings. The molecule has 0 aliphatic heterocycles. The quantitative estimate of drug-likeness (QED) is 0.690. The van der Waals surface area contributed by atoms with Gasteiger partial charge in [0.25, 0.3) is 12.3 Å². The Morgan fingerprint density at radius 1 is 1.29 bits per heavy atom. The first kappa shape index (κ1) is 20.3. The zero-order chi connectivity index (χ0) is 19.9. The van der Waals surface area contributed by atoms with E-state index in [9.17, 15) is 13.6 Å². The van der Waals surface area contributed by atoms with Gasteiger partial charge in [-0.1, -0.05) is 0 Å². The van der Waals surface area contributed by atoms with E-state index in [0.29, 0.717) is 13.2 Å². The van der Waals surface area contributed by atoms with Gasteiger partial charge < -0.3 is 14.8 Å². The Labute approximate surface area is 161 Å². The van der Waals surface area contributed by atoms with Crippen molar-refractivity contribution < 1.29 is 23.0 Å². The van der Waals surface area contributed by atoms with E-state index in [1.54, 1.807) is 7.11 Å². The Bertz CT molecular complexity index is 765. The fourth-order valence-corrected chi connectivity index (χ4v) is 3.11. The number of nitrogens with one attached hydrogen (secondary N) is 1. The number of amides is 1. The number of carbonyl (C=O) groups excluding carboxylic acids is 1. The van der Waals surface area contributed by atoms with Crippen LogP contribution in [-0.4, -0.2) is 57.9 Å². The van der Waals surface area contributed by atoms with E-state index in [-0.39, 0.29) is 23.8 Å². The average molecular weight is 395 g/mol. The summed E-state index contributed by atoms with van der Waals surface area (Å²) in [6.07, 6.45) is 4.88. The summed E-state index contributed by atoms with van der Waals surface area (Å²) in [4.78, 5) is 24.4. The molecule has 2 aromatic rings. The molecule has 8 nitrogen and oxygen atoms in total. The predicted octanol–water partition coefficient (Wildman–Crippen LogP) is 2.30. The maximum absolute atomic E-state index is 13.2. The molecule has 0 aromatic carbocycles. The molecule has 2 heterocycles. The molecular weight excluding hydrogens is 372 g/mol. The first-order valence-electron chi connectivity index (χ1n) is 9.13. The highest BCUT2D eigenvalue weighted by Gasteiger charge is 2.25. The number of hydrogen-bond donors (Lipinski definition) is 1. The van der Waals surface area contributed by atoms with Crippen molar-refractivity contribution in [3.8, 4) is 5.95 Å². The van der Waals surface area contributed by atoms with Crippen LogP contribution in [0.15, 0.2) is 24.8 Å². The monoisotopic (exact) mass is 395 g/mol. The van der Waals surface area contributed by atoms with Crippen molar-refractivity contribution in [3.05, 3.63) is 36.2 Å². The maximum atomic E-state index is 13.2. The maximum Gasteiger partial charge on any atom is 0.280 e. The lowest BCUT2D eigenvalue weighted by molar-refractivity contribution is -0.00409. The van der Waals surface area contributed by atoms with Gasteiger partial charge in [-0.15, -0.1) is 0 Å². The number of methoxy groups -OCH3 is 1. The van der Waals surface area contributed by atoms with Crippen molar-refractivity contribution in [2.24, 2.45) is 0 Å². The summed E-state index contributed by atoms with van der Waals surface area (Å²) in [7, 11) is 1.63. The van der Waals surface area contributed by atoms with Crippen LogP contribution in [0.2, 0.25) is 0 Å². The van der Waals surface area contributed by atoms with Gasteiger partial charge in [-0.2, -0.15) is 0 Å². The van der Waals surface area contributed by atoms with E-state index in [2.05, 4.69) is 20.3 Å². The van der Waals surface area contributed by atoms with Crippen LogP contribution in [0, 0.1) is 0 Å². The van der Waals surface area contributed by atoms with Gasteiger partial charge in [0.2, 0.25) is 5.95 Å². The number of aromatic nitrogens is 4. The number of carbonyl (C=O) groups is 1. The van der Waals surface area contributed by atoms with Gasteiger partial charge in [-0.25, -0.2) is 23.7 Å². The fourth-order valence-electron chi connectivity index (χ4n) is 3.11. The SMILES string of the molecule is COCCO[C@H]1CC[C@H](NC(=O)c2cc(C(F)F)nc(-n3ccnc3)n2)CC1. The van der Waals surface area contributed by atoms with E-state index in [4.69, 9.17) is 9.47 Å². The van der Waals surface area contributed by atoms with Crippen molar-refractivity contribution in [1.82, 2.24) is 24.8 Å². The minimum atomic E-state index is -2.81. The summed E-state index contributed by atoms with van der Waals surface area (Å²) in [6.45, 7) is 1.10. The Balaban J connectivity index is 1.63. The van der Waals surface area contributed by atoms with Crippen molar-refractivity contribution in [1.29, 1.82) is 0 Å². The molecule has 10 heteroatoms. The number of ether oxygens (including phenoxy) is 2. The lowest BCUT2D eigenvalue weighted by Crippen LogP contribution is -2.39. The van der Waals surface area contributed by atoms with Gasteiger partial charge in [0.15, 0.2) is 0 Å². The van der Waals surface area contributed by atoms with Crippen LogP contribution in [0.4, 0.5) is 8.78 Å². The minimum Gasteiger partial charge on any atom is -0.382 e. The summed E-state index contributed by atoms with van der Waals surface area (Å²) in [6, 6.07) is 0.983. The third kappa shape index (κ3) is 5.29. The van der Waals surface area contributed by atoms with E-state index >= 15 is 0 Å². The topological polar surface area (TPSA) is 91.2 Å². The summed E-state index contributed by atoms with van der Waals surface area (Å²) < 4.78 is 38.4. The zero-order valence-electron chi connectivity index (χ0n) is 15.6. The zero-order valence-corrected chi connectivity index (χ0v) is 15.6. The van der Waals surface area contributed by atoms with E-state index in [0.717, 1.165) is 31.7 Å². The molecular formula is C18H23F2N5O3. The molecule has 3 rings (SSSR count). The second-order valence-corrected chi connectivity index (χ2v) is 6.56. The summed E-state index contributed by atoms with van der Waals surface area (Å²) in [5, 5.41) is 2.88. The summed E-state index contributed by atoms with van der Waals surface area (Å²) in [5.41, 5.74) is -0.591. The van der Waals surface area contributed by atoms with Crippen LogP contribution in [0.25, 0.3) is 5.95 Å². The molecule has 1 aliphatic carbocycles. The standard InChI is InChI=1S/C18H23F2N5O3/c1-27-8-9-28-13-4-2-12(3-5-13)22-17(26)15-10-14(16(19)20)23-18(24-15)25-7-6-21-11-25/h6-7,10-13,16H,2-5,8-9H2,1H3,(H,22,26)/t12-,13-. The molecule has 0 spiro atoms. The summed E-state index contributed by atoms with van der Waals surface area (Å²) in [5.74, 6) is -0.509. The largest absolute Gasteiger partial charge is 0.382 e. The van der Waals surface area contributed by atoms with Crippen LogP contribution < -0.4 is 5.32 Å². The van der Waals surface area contributed by atoms with Crippen molar-refractivity contribution in [2.45, 2.75) is 44.3 Å². The Hall–Kier alpha value is -2.46. The van der Waals surface area contributed by atoms with Gasteiger partial charge in [0.05, 0.1) is 19.3 Å². The second kappa shape index (κ2) is 9.65. The molecule has 0 radical (unpaired) electrons.